The summed E-state index contributed by atoms with van der Waals surface area (Å²) in [6, 6.07) is 17.4. The summed E-state index contributed by atoms with van der Waals surface area (Å²) in [5.41, 5.74) is 5.60. The van der Waals surface area contributed by atoms with E-state index in [0.29, 0.717) is 10.0 Å². The molecule has 0 aliphatic heterocycles. The molecular formula is C20H14Cl2N2O. The van der Waals surface area contributed by atoms with Crippen LogP contribution in [0.4, 0.5) is 0 Å². The van der Waals surface area contributed by atoms with Crippen molar-refractivity contribution in [2.24, 2.45) is 0 Å². The van der Waals surface area contributed by atoms with Crippen LogP contribution in [0.15, 0.2) is 67.0 Å². The molecule has 2 heterocycles. The van der Waals surface area contributed by atoms with Crippen molar-refractivity contribution < 1.29 is 5.11 Å². The SMILES string of the molecule is OCc1cccc(-c2ccc3nc(-c4ccc(Cl)c(Cl)c4)cn3c2)c1. The molecule has 2 aromatic carbocycles. The first-order valence-electron chi connectivity index (χ1n) is 7.78. The van der Waals surface area contributed by atoms with Crippen LogP contribution in [-0.4, -0.2) is 14.5 Å². The fourth-order valence-corrected chi connectivity index (χ4v) is 3.10. The van der Waals surface area contributed by atoms with E-state index < -0.39 is 0 Å². The molecule has 3 nitrogen and oxygen atoms in total. The number of hydrogen-bond donors (Lipinski definition) is 1. The Balaban J connectivity index is 1.77. The number of benzene rings is 2. The van der Waals surface area contributed by atoms with Gasteiger partial charge >= 0.3 is 0 Å². The predicted octanol–water partition coefficient (Wildman–Crippen LogP) is 5.47. The minimum atomic E-state index is 0.0304. The quantitative estimate of drug-likeness (QED) is 0.520. The molecule has 0 bridgehead atoms. The lowest BCUT2D eigenvalue weighted by Gasteiger charge is -2.04. The summed E-state index contributed by atoms with van der Waals surface area (Å²) in [7, 11) is 0. The lowest BCUT2D eigenvalue weighted by molar-refractivity contribution is 0.282. The van der Waals surface area contributed by atoms with Gasteiger partial charge < -0.3 is 9.51 Å². The largest absolute Gasteiger partial charge is 0.392 e. The Morgan fingerprint density at radius 1 is 0.840 bits per heavy atom. The molecule has 0 spiro atoms. The summed E-state index contributed by atoms with van der Waals surface area (Å²) in [5, 5.41) is 10.4. The lowest BCUT2D eigenvalue weighted by Crippen LogP contribution is -1.87. The number of pyridine rings is 1. The van der Waals surface area contributed by atoms with Gasteiger partial charge in [-0.2, -0.15) is 0 Å². The molecule has 0 aliphatic carbocycles. The number of rotatable bonds is 3. The third kappa shape index (κ3) is 3.14. The lowest BCUT2D eigenvalue weighted by atomic mass is 10.1. The van der Waals surface area contributed by atoms with Gasteiger partial charge in [0.2, 0.25) is 0 Å². The van der Waals surface area contributed by atoms with Crippen LogP contribution in [0, 0.1) is 0 Å². The van der Waals surface area contributed by atoms with Crippen molar-refractivity contribution in [2.75, 3.05) is 0 Å². The first-order valence-corrected chi connectivity index (χ1v) is 8.54. The summed E-state index contributed by atoms with van der Waals surface area (Å²) in [5.74, 6) is 0. The molecular weight excluding hydrogens is 355 g/mol. The number of imidazole rings is 1. The molecule has 0 aliphatic rings. The van der Waals surface area contributed by atoms with Gasteiger partial charge in [-0.05, 0) is 47.0 Å². The van der Waals surface area contributed by atoms with Crippen molar-refractivity contribution in [3.63, 3.8) is 0 Å². The average Bonchev–Trinajstić information content (AvgIpc) is 3.07. The monoisotopic (exact) mass is 368 g/mol. The summed E-state index contributed by atoms with van der Waals surface area (Å²) in [4.78, 5) is 4.64. The van der Waals surface area contributed by atoms with Crippen molar-refractivity contribution in [3.8, 4) is 22.4 Å². The second kappa shape index (κ2) is 6.52. The van der Waals surface area contributed by atoms with Gasteiger partial charge in [-0.25, -0.2) is 4.98 Å². The molecule has 0 unspecified atom stereocenters. The Labute approximate surface area is 155 Å². The third-order valence-corrected chi connectivity index (χ3v) is 4.85. The summed E-state index contributed by atoms with van der Waals surface area (Å²) in [6.45, 7) is 0.0304. The van der Waals surface area contributed by atoms with Crippen LogP contribution in [0.1, 0.15) is 5.56 Å². The molecule has 124 valence electrons. The van der Waals surface area contributed by atoms with Crippen molar-refractivity contribution >= 4 is 28.8 Å². The second-order valence-electron chi connectivity index (χ2n) is 5.80. The number of fused-ring (bicyclic) bond motifs is 1. The first-order chi connectivity index (χ1) is 12.1. The van der Waals surface area contributed by atoms with Crippen molar-refractivity contribution in [1.82, 2.24) is 9.38 Å². The fraction of sp³-hybridized carbons (Fsp3) is 0.0500. The first kappa shape index (κ1) is 16.2. The highest BCUT2D eigenvalue weighted by atomic mass is 35.5. The van der Waals surface area contributed by atoms with Gasteiger partial charge in [0.25, 0.3) is 0 Å². The maximum Gasteiger partial charge on any atom is 0.137 e. The van der Waals surface area contributed by atoms with Gasteiger partial charge in [0.15, 0.2) is 0 Å². The molecule has 0 saturated carbocycles. The normalized spacial score (nSPS) is 11.2. The van der Waals surface area contributed by atoms with Crippen LogP contribution < -0.4 is 0 Å². The van der Waals surface area contributed by atoms with Gasteiger partial charge in [-0.15, -0.1) is 0 Å². The zero-order valence-electron chi connectivity index (χ0n) is 13.2. The highest BCUT2D eigenvalue weighted by molar-refractivity contribution is 6.42. The molecule has 0 radical (unpaired) electrons. The summed E-state index contributed by atoms with van der Waals surface area (Å²) < 4.78 is 1.98. The summed E-state index contributed by atoms with van der Waals surface area (Å²) in [6.07, 6.45) is 3.99. The number of hydrogen-bond acceptors (Lipinski definition) is 2. The van der Waals surface area contributed by atoms with Crippen LogP contribution in [-0.2, 0) is 6.61 Å². The number of aliphatic hydroxyl groups is 1. The van der Waals surface area contributed by atoms with Gasteiger partial charge in [0.05, 0.1) is 22.3 Å². The molecule has 2 aromatic heterocycles. The molecule has 0 fully saturated rings. The van der Waals surface area contributed by atoms with Crippen LogP contribution >= 0.6 is 23.2 Å². The Hall–Kier alpha value is -2.33. The van der Waals surface area contributed by atoms with E-state index in [1.165, 1.54) is 0 Å². The van der Waals surface area contributed by atoms with E-state index >= 15 is 0 Å². The van der Waals surface area contributed by atoms with Crippen LogP contribution in [0.3, 0.4) is 0 Å². The zero-order chi connectivity index (χ0) is 17.4. The maximum atomic E-state index is 9.32. The topological polar surface area (TPSA) is 37.5 Å². The molecule has 5 heteroatoms. The highest BCUT2D eigenvalue weighted by Gasteiger charge is 2.08. The summed E-state index contributed by atoms with van der Waals surface area (Å²) >= 11 is 12.1. The smallest absolute Gasteiger partial charge is 0.137 e. The molecule has 4 aromatic rings. The Morgan fingerprint density at radius 3 is 2.48 bits per heavy atom. The van der Waals surface area contributed by atoms with Crippen molar-refractivity contribution in [3.05, 3.63) is 82.6 Å². The molecule has 4 rings (SSSR count). The van der Waals surface area contributed by atoms with E-state index in [2.05, 4.69) is 4.98 Å². The van der Waals surface area contributed by atoms with Gasteiger partial charge in [-0.3, -0.25) is 0 Å². The second-order valence-corrected chi connectivity index (χ2v) is 6.61. The molecule has 0 amide bonds. The minimum Gasteiger partial charge on any atom is -0.392 e. The Kier molecular flexibility index (Phi) is 4.22. The number of aromatic nitrogens is 2. The Morgan fingerprint density at radius 2 is 1.68 bits per heavy atom. The highest BCUT2D eigenvalue weighted by Crippen LogP contribution is 2.29. The molecule has 0 atom stereocenters. The average molecular weight is 369 g/mol. The van der Waals surface area contributed by atoms with Crippen LogP contribution in [0.5, 0.6) is 0 Å². The van der Waals surface area contributed by atoms with Crippen LogP contribution in [0.25, 0.3) is 28.0 Å². The van der Waals surface area contributed by atoms with Gasteiger partial charge in [-0.1, -0.05) is 47.5 Å². The van der Waals surface area contributed by atoms with E-state index in [4.69, 9.17) is 23.2 Å². The number of aliphatic hydroxyl groups excluding tert-OH is 1. The van der Waals surface area contributed by atoms with E-state index in [1.54, 1.807) is 6.07 Å². The zero-order valence-corrected chi connectivity index (χ0v) is 14.7. The maximum absolute atomic E-state index is 9.32. The fourth-order valence-electron chi connectivity index (χ4n) is 2.81. The molecule has 1 N–H and O–H groups in total. The molecule has 0 saturated heterocycles. The number of halogens is 2. The Bertz CT molecular complexity index is 1070. The van der Waals surface area contributed by atoms with Crippen molar-refractivity contribution in [2.45, 2.75) is 6.61 Å². The standard InChI is InChI=1S/C20H14Cl2N2O/c21-17-6-4-15(9-18(17)22)19-11-24-10-16(5-7-20(24)23-19)14-3-1-2-13(8-14)12-25/h1-11,25H,12H2. The van der Waals surface area contributed by atoms with E-state index in [0.717, 1.165) is 33.6 Å². The van der Waals surface area contributed by atoms with E-state index in [9.17, 15) is 5.11 Å². The minimum absolute atomic E-state index is 0.0304. The third-order valence-electron chi connectivity index (χ3n) is 4.11. The van der Waals surface area contributed by atoms with Crippen molar-refractivity contribution in [1.29, 1.82) is 0 Å². The molecule has 25 heavy (non-hydrogen) atoms. The van der Waals surface area contributed by atoms with Gasteiger partial charge in [0.1, 0.15) is 5.65 Å². The predicted molar refractivity (Wildman–Crippen MR) is 102 cm³/mol. The number of nitrogens with zero attached hydrogens (tertiary/aromatic N) is 2. The van der Waals surface area contributed by atoms with E-state index in [-0.39, 0.29) is 6.61 Å². The van der Waals surface area contributed by atoms with E-state index in [1.807, 2.05) is 65.3 Å². The van der Waals surface area contributed by atoms with Crippen LogP contribution in [0.2, 0.25) is 10.0 Å². The van der Waals surface area contributed by atoms with Gasteiger partial charge in [0, 0.05) is 18.0 Å².